The van der Waals surface area contributed by atoms with E-state index in [1.54, 1.807) is 19.4 Å². The highest BCUT2D eigenvalue weighted by Crippen LogP contribution is 2.36. The molecule has 2 aliphatic rings. The van der Waals surface area contributed by atoms with Crippen LogP contribution in [0.2, 0.25) is 0 Å². The molecule has 7 nitrogen and oxygen atoms in total. The second-order valence-electron chi connectivity index (χ2n) is 7.29. The third-order valence-corrected chi connectivity index (χ3v) is 5.55. The van der Waals surface area contributed by atoms with E-state index in [0.29, 0.717) is 17.4 Å². The number of piperidine rings is 1. The maximum Gasteiger partial charge on any atom is 0.230 e. The fourth-order valence-corrected chi connectivity index (χ4v) is 4.04. The van der Waals surface area contributed by atoms with Crippen molar-refractivity contribution in [3.63, 3.8) is 0 Å². The molecule has 1 N–H and O–H groups in total. The van der Waals surface area contributed by atoms with Crippen LogP contribution in [0.1, 0.15) is 30.7 Å². The highest BCUT2D eigenvalue weighted by molar-refractivity contribution is 6.01. The van der Waals surface area contributed by atoms with E-state index in [1.807, 2.05) is 29.6 Å². The first kappa shape index (κ1) is 17.6. The maximum absolute atomic E-state index is 13.2. The van der Waals surface area contributed by atoms with Gasteiger partial charge in [0.15, 0.2) is 0 Å². The van der Waals surface area contributed by atoms with Gasteiger partial charge in [0.2, 0.25) is 11.8 Å². The summed E-state index contributed by atoms with van der Waals surface area (Å²) in [5.74, 6) is 0.738. The molecule has 0 aliphatic carbocycles. The van der Waals surface area contributed by atoms with Crippen LogP contribution >= 0.6 is 0 Å². The summed E-state index contributed by atoms with van der Waals surface area (Å²) in [4.78, 5) is 31.3. The lowest BCUT2D eigenvalue weighted by Gasteiger charge is -2.35. The molecular weight excluding hydrogens is 344 g/mol. The Labute approximate surface area is 158 Å². The minimum atomic E-state index is -0.436. The molecule has 3 heterocycles. The van der Waals surface area contributed by atoms with Gasteiger partial charge in [-0.15, -0.1) is 0 Å². The molecule has 2 aromatic rings. The first-order valence-corrected chi connectivity index (χ1v) is 9.36. The average Bonchev–Trinajstić information content (AvgIpc) is 3.20. The molecule has 1 atom stereocenters. The zero-order valence-electron chi connectivity index (χ0n) is 15.4. The predicted octanol–water partition coefficient (Wildman–Crippen LogP) is 2.26. The average molecular weight is 368 g/mol. The monoisotopic (exact) mass is 368 g/mol. The molecule has 0 bridgehead atoms. The van der Waals surface area contributed by atoms with Gasteiger partial charge < -0.3 is 19.5 Å². The standard InChI is InChI=1S/C20H24N4O3/c1-27-15-2-3-18-16(10-15)17(11-19(25)22-18)20(26)24-7-4-14(5-8-24)12-23-9-6-21-13-23/h2-3,6,9-10,13-14,17H,4-5,7-8,11-12H2,1H3,(H,22,25)/t17-/m1/s1. The van der Waals surface area contributed by atoms with Gasteiger partial charge in [0.1, 0.15) is 5.75 Å². The molecule has 0 unspecified atom stereocenters. The number of hydrogen-bond donors (Lipinski definition) is 1. The summed E-state index contributed by atoms with van der Waals surface area (Å²) >= 11 is 0. The maximum atomic E-state index is 13.2. The van der Waals surface area contributed by atoms with Gasteiger partial charge in [-0.2, -0.15) is 0 Å². The number of aromatic nitrogens is 2. The van der Waals surface area contributed by atoms with E-state index in [4.69, 9.17) is 4.74 Å². The van der Waals surface area contributed by atoms with Crippen molar-refractivity contribution in [2.24, 2.45) is 5.92 Å². The van der Waals surface area contributed by atoms with Gasteiger partial charge in [0.05, 0.1) is 19.4 Å². The SMILES string of the molecule is COc1ccc2c(c1)[C@H](C(=O)N1CCC(Cn3ccnc3)CC1)CC(=O)N2. The van der Waals surface area contributed by atoms with Gasteiger partial charge >= 0.3 is 0 Å². The van der Waals surface area contributed by atoms with Crippen molar-refractivity contribution in [2.45, 2.75) is 31.7 Å². The Morgan fingerprint density at radius 3 is 2.85 bits per heavy atom. The number of hydrogen-bond acceptors (Lipinski definition) is 4. The lowest BCUT2D eigenvalue weighted by molar-refractivity contribution is -0.136. The number of fused-ring (bicyclic) bond motifs is 1. The normalized spacial score (nSPS) is 20.1. The van der Waals surface area contributed by atoms with Crippen LogP contribution in [-0.4, -0.2) is 46.5 Å². The lowest BCUT2D eigenvalue weighted by Crippen LogP contribution is -2.43. The highest BCUT2D eigenvalue weighted by atomic mass is 16.5. The topological polar surface area (TPSA) is 76.5 Å². The van der Waals surface area contributed by atoms with E-state index in [0.717, 1.165) is 38.0 Å². The zero-order chi connectivity index (χ0) is 18.8. The third-order valence-electron chi connectivity index (χ3n) is 5.55. The molecule has 2 aliphatic heterocycles. The number of amides is 2. The summed E-state index contributed by atoms with van der Waals surface area (Å²) in [6.45, 7) is 2.40. The first-order valence-electron chi connectivity index (χ1n) is 9.36. The van der Waals surface area contributed by atoms with Gasteiger partial charge in [-0.1, -0.05) is 0 Å². The summed E-state index contributed by atoms with van der Waals surface area (Å²) in [6.07, 6.45) is 7.72. The molecule has 0 radical (unpaired) electrons. The van der Waals surface area contributed by atoms with Gasteiger partial charge in [-0.25, -0.2) is 4.98 Å². The molecule has 142 valence electrons. The van der Waals surface area contributed by atoms with Gasteiger partial charge in [0.25, 0.3) is 0 Å². The number of ether oxygens (including phenoxy) is 1. The molecule has 4 rings (SSSR count). The zero-order valence-corrected chi connectivity index (χ0v) is 15.4. The molecule has 27 heavy (non-hydrogen) atoms. The minimum Gasteiger partial charge on any atom is -0.497 e. The number of benzene rings is 1. The van der Waals surface area contributed by atoms with Crippen LogP contribution in [0.15, 0.2) is 36.9 Å². The molecule has 1 aromatic heterocycles. The van der Waals surface area contributed by atoms with Gasteiger partial charge in [0, 0.05) is 44.1 Å². The number of methoxy groups -OCH3 is 1. The van der Waals surface area contributed by atoms with Crippen LogP contribution in [0.5, 0.6) is 5.75 Å². The van der Waals surface area contributed by atoms with Gasteiger partial charge in [-0.05, 0) is 42.5 Å². The molecule has 1 fully saturated rings. The number of nitrogens with one attached hydrogen (secondary N) is 1. The molecule has 1 saturated heterocycles. The number of carbonyl (C=O) groups is 2. The van der Waals surface area contributed by atoms with Crippen LogP contribution in [0.4, 0.5) is 5.69 Å². The summed E-state index contributed by atoms with van der Waals surface area (Å²) in [6, 6.07) is 5.47. The Balaban J connectivity index is 1.45. The van der Waals surface area contributed by atoms with Gasteiger partial charge in [-0.3, -0.25) is 9.59 Å². The highest BCUT2D eigenvalue weighted by Gasteiger charge is 2.35. The smallest absolute Gasteiger partial charge is 0.230 e. The van der Waals surface area contributed by atoms with E-state index in [9.17, 15) is 9.59 Å². The van der Waals surface area contributed by atoms with E-state index < -0.39 is 5.92 Å². The van der Waals surface area contributed by atoms with Crippen molar-refractivity contribution in [2.75, 3.05) is 25.5 Å². The van der Waals surface area contributed by atoms with E-state index in [2.05, 4.69) is 14.9 Å². The number of likely N-dealkylation sites (tertiary alicyclic amines) is 1. The van der Waals surface area contributed by atoms with Crippen LogP contribution in [0.25, 0.3) is 0 Å². The lowest BCUT2D eigenvalue weighted by atomic mass is 9.87. The van der Waals surface area contributed by atoms with Crippen molar-refractivity contribution >= 4 is 17.5 Å². The van der Waals surface area contributed by atoms with Crippen molar-refractivity contribution in [1.82, 2.24) is 14.5 Å². The van der Waals surface area contributed by atoms with Crippen molar-refractivity contribution < 1.29 is 14.3 Å². The van der Waals surface area contributed by atoms with Crippen LogP contribution in [-0.2, 0) is 16.1 Å². The molecule has 0 spiro atoms. The molecule has 1 aromatic carbocycles. The van der Waals surface area contributed by atoms with E-state index in [-0.39, 0.29) is 18.2 Å². The largest absolute Gasteiger partial charge is 0.497 e. The Hall–Kier alpha value is -2.83. The number of nitrogens with zero attached hydrogens (tertiary/aromatic N) is 3. The Morgan fingerprint density at radius 2 is 2.15 bits per heavy atom. The Morgan fingerprint density at radius 1 is 1.33 bits per heavy atom. The van der Waals surface area contributed by atoms with Crippen molar-refractivity contribution in [3.8, 4) is 5.75 Å². The summed E-state index contributed by atoms with van der Waals surface area (Å²) in [5.41, 5.74) is 1.56. The summed E-state index contributed by atoms with van der Waals surface area (Å²) in [7, 11) is 1.60. The van der Waals surface area contributed by atoms with E-state index >= 15 is 0 Å². The fraction of sp³-hybridized carbons (Fsp3) is 0.450. The second-order valence-corrected chi connectivity index (χ2v) is 7.29. The Kier molecular flexibility index (Phi) is 4.83. The molecule has 7 heteroatoms. The number of rotatable bonds is 4. The minimum absolute atomic E-state index is 0.0421. The van der Waals surface area contributed by atoms with Crippen molar-refractivity contribution in [3.05, 3.63) is 42.5 Å². The number of carbonyl (C=O) groups excluding carboxylic acids is 2. The van der Waals surface area contributed by atoms with Crippen molar-refractivity contribution in [1.29, 1.82) is 0 Å². The fourth-order valence-electron chi connectivity index (χ4n) is 4.04. The van der Waals surface area contributed by atoms with E-state index in [1.165, 1.54) is 0 Å². The predicted molar refractivity (Wildman–Crippen MR) is 101 cm³/mol. The second kappa shape index (κ2) is 7.42. The quantitative estimate of drug-likeness (QED) is 0.898. The third kappa shape index (κ3) is 3.67. The van der Waals surface area contributed by atoms with Crippen LogP contribution < -0.4 is 10.1 Å². The first-order chi connectivity index (χ1) is 13.1. The van der Waals surface area contributed by atoms with Crippen LogP contribution in [0.3, 0.4) is 0 Å². The molecular formula is C20H24N4O3. The number of anilines is 1. The number of imidazole rings is 1. The Bertz CT molecular complexity index is 826. The molecule has 2 amide bonds. The molecule has 0 saturated carbocycles. The summed E-state index contributed by atoms with van der Waals surface area (Å²) < 4.78 is 7.39. The summed E-state index contributed by atoms with van der Waals surface area (Å²) in [5, 5.41) is 2.86. The van der Waals surface area contributed by atoms with Crippen LogP contribution in [0, 0.1) is 5.92 Å².